The topological polar surface area (TPSA) is 45.2 Å². The molecule has 0 saturated carbocycles. The summed E-state index contributed by atoms with van der Waals surface area (Å²) in [6.07, 6.45) is 10.4. The van der Waals surface area contributed by atoms with E-state index < -0.39 is 0 Å². The van der Waals surface area contributed by atoms with Crippen molar-refractivity contribution in [1.29, 1.82) is 0 Å². The maximum Gasteiger partial charge on any atom is 0.255 e. The fourth-order valence-electron chi connectivity index (χ4n) is 3.36. The number of aromatic nitrogens is 1. The molecule has 1 amide bonds. The monoisotopic (exact) mass is 381 g/mol. The molecule has 0 spiro atoms. The second kappa shape index (κ2) is 8.15. The van der Waals surface area contributed by atoms with Gasteiger partial charge >= 0.3 is 0 Å². The van der Waals surface area contributed by atoms with E-state index in [1.165, 1.54) is 0 Å². The molecule has 0 fully saturated rings. The van der Waals surface area contributed by atoms with E-state index in [0.717, 1.165) is 39.8 Å². The number of hydrogen-bond acceptors (Lipinski definition) is 3. The number of rotatable bonds is 4. The van der Waals surface area contributed by atoms with Gasteiger partial charge in [0.15, 0.2) is 0 Å². The lowest BCUT2D eigenvalue weighted by atomic mass is 10.0. The number of fused-ring (bicyclic) bond motifs is 1. The summed E-state index contributed by atoms with van der Waals surface area (Å²) in [4.78, 5) is 19.6. The van der Waals surface area contributed by atoms with Gasteiger partial charge in [0.25, 0.3) is 5.91 Å². The van der Waals surface area contributed by atoms with Gasteiger partial charge in [-0.3, -0.25) is 9.78 Å². The minimum absolute atomic E-state index is 0.128. The summed E-state index contributed by atoms with van der Waals surface area (Å²) in [6.45, 7) is 0. The van der Waals surface area contributed by atoms with Crippen molar-refractivity contribution in [3.8, 4) is 11.1 Å². The van der Waals surface area contributed by atoms with Crippen LogP contribution in [0.25, 0.3) is 22.0 Å². The van der Waals surface area contributed by atoms with Crippen LogP contribution in [0.4, 0.5) is 5.69 Å². The van der Waals surface area contributed by atoms with Gasteiger partial charge in [-0.1, -0.05) is 48.6 Å². The van der Waals surface area contributed by atoms with Crippen LogP contribution in [0.1, 0.15) is 6.42 Å². The van der Waals surface area contributed by atoms with Crippen LogP contribution in [0.3, 0.4) is 0 Å². The second-order valence-corrected chi connectivity index (χ2v) is 7.20. The minimum Gasteiger partial charge on any atom is -0.381 e. The first-order valence-electron chi connectivity index (χ1n) is 9.62. The van der Waals surface area contributed by atoms with E-state index in [1.807, 2.05) is 92.0 Å². The fraction of sp³-hybridized carbons (Fsp3) is 0.120. The Bertz CT molecular complexity index is 1160. The molecule has 1 aromatic heterocycles. The summed E-state index contributed by atoms with van der Waals surface area (Å²) in [5, 5.41) is 4.15. The van der Waals surface area contributed by atoms with Crippen molar-refractivity contribution in [2.75, 3.05) is 19.4 Å². The van der Waals surface area contributed by atoms with Gasteiger partial charge < -0.3 is 10.2 Å². The number of benzene rings is 2. The number of nitrogens with zero attached hydrogens (tertiary/aromatic N) is 2. The molecule has 4 heteroatoms. The standard InChI is InChI=1S/C25H23N3O/c1-28(2)21-11-5-3-10-19(16-21)25(29)27-24-14-8-6-12-22(24)20-15-18-9-4-7-13-23(18)26-17-20/h3-10,12-17H,11H2,1-2H3,(H,27,29). The smallest absolute Gasteiger partial charge is 0.255 e. The van der Waals surface area contributed by atoms with E-state index in [0.29, 0.717) is 5.57 Å². The second-order valence-electron chi connectivity index (χ2n) is 7.20. The molecule has 144 valence electrons. The van der Waals surface area contributed by atoms with Gasteiger partial charge in [-0.05, 0) is 30.4 Å². The predicted molar refractivity (Wildman–Crippen MR) is 119 cm³/mol. The number of pyridine rings is 1. The third-order valence-electron chi connectivity index (χ3n) is 4.97. The number of amides is 1. The van der Waals surface area contributed by atoms with E-state index in [2.05, 4.69) is 22.4 Å². The van der Waals surface area contributed by atoms with Crippen molar-refractivity contribution in [1.82, 2.24) is 9.88 Å². The Morgan fingerprint density at radius 3 is 2.72 bits per heavy atom. The average molecular weight is 381 g/mol. The molecule has 1 heterocycles. The summed E-state index contributed by atoms with van der Waals surface area (Å²) >= 11 is 0. The molecule has 0 bridgehead atoms. The first-order valence-corrected chi connectivity index (χ1v) is 9.62. The lowest BCUT2D eigenvalue weighted by molar-refractivity contribution is -0.112. The van der Waals surface area contributed by atoms with Gasteiger partial charge in [0.05, 0.1) is 5.52 Å². The van der Waals surface area contributed by atoms with Gasteiger partial charge in [-0.15, -0.1) is 0 Å². The highest BCUT2D eigenvalue weighted by atomic mass is 16.1. The molecule has 2 aromatic carbocycles. The molecular formula is C25H23N3O. The molecule has 1 aliphatic rings. The summed E-state index contributed by atoms with van der Waals surface area (Å²) < 4.78 is 0. The molecule has 0 radical (unpaired) electrons. The van der Waals surface area contributed by atoms with Crippen LogP contribution in [0.5, 0.6) is 0 Å². The van der Waals surface area contributed by atoms with E-state index in [-0.39, 0.29) is 5.91 Å². The zero-order valence-corrected chi connectivity index (χ0v) is 16.6. The van der Waals surface area contributed by atoms with Crippen LogP contribution in [0.2, 0.25) is 0 Å². The van der Waals surface area contributed by atoms with Gasteiger partial charge in [-0.25, -0.2) is 0 Å². The zero-order chi connectivity index (χ0) is 20.2. The number of carbonyl (C=O) groups excluding carboxylic acids is 1. The SMILES string of the molecule is CN(C)C1=CC(C(=O)Nc2ccccc2-c2cnc3ccccc3c2)=CC=CC1. The molecule has 1 N–H and O–H groups in total. The van der Waals surface area contributed by atoms with Gasteiger partial charge in [0.1, 0.15) is 0 Å². The lowest BCUT2D eigenvalue weighted by Gasteiger charge is -2.16. The van der Waals surface area contributed by atoms with Crippen LogP contribution < -0.4 is 5.32 Å². The van der Waals surface area contributed by atoms with Gasteiger partial charge in [0.2, 0.25) is 0 Å². The van der Waals surface area contributed by atoms with Crippen LogP contribution in [0.15, 0.2) is 96.4 Å². The fourth-order valence-corrected chi connectivity index (χ4v) is 3.36. The van der Waals surface area contributed by atoms with E-state index >= 15 is 0 Å². The number of allylic oxidation sites excluding steroid dienone is 3. The number of anilines is 1. The maximum absolute atomic E-state index is 13.0. The van der Waals surface area contributed by atoms with Crippen LogP contribution in [-0.2, 0) is 4.79 Å². The first kappa shape index (κ1) is 18.7. The quantitative estimate of drug-likeness (QED) is 0.678. The Balaban J connectivity index is 1.66. The van der Waals surface area contributed by atoms with Crippen molar-refractivity contribution in [2.45, 2.75) is 6.42 Å². The van der Waals surface area contributed by atoms with Crippen molar-refractivity contribution >= 4 is 22.5 Å². The largest absolute Gasteiger partial charge is 0.381 e. The molecular weight excluding hydrogens is 358 g/mol. The van der Waals surface area contributed by atoms with Crippen LogP contribution >= 0.6 is 0 Å². The Hall–Kier alpha value is -3.66. The van der Waals surface area contributed by atoms with Crippen LogP contribution in [0, 0.1) is 0 Å². The van der Waals surface area contributed by atoms with Crippen molar-refractivity contribution < 1.29 is 4.79 Å². The third kappa shape index (κ3) is 4.11. The molecule has 3 aromatic rings. The Morgan fingerprint density at radius 2 is 1.86 bits per heavy atom. The first-order chi connectivity index (χ1) is 14.1. The normalized spacial score (nSPS) is 13.4. The number of carbonyl (C=O) groups is 1. The summed E-state index contributed by atoms with van der Waals surface area (Å²) in [5.74, 6) is -0.128. The van der Waals surface area contributed by atoms with Gasteiger partial charge in [0, 0.05) is 60.2 Å². The lowest BCUT2D eigenvalue weighted by Crippen LogP contribution is -2.16. The Kier molecular flexibility index (Phi) is 5.25. The Labute approximate surface area is 170 Å². The molecule has 0 saturated heterocycles. The molecule has 0 unspecified atom stereocenters. The zero-order valence-electron chi connectivity index (χ0n) is 16.6. The predicted octanol–water partition coefficient (Wildman–Crippen LogP) is 5.17. The summed E-state index contributed by atoms with van der Waals surface area (Å²) in [6, 6.07) is 17.9. The molecule has 4 nitrogen and oxygen atoms in total. The average Bonchev–Trinajstić information content (AvgIpc) is 3.00. The molecule has 0 atom stereocenters. The molecule has 4 rings (SSSR count). The highest BCUT2D eigenvalue weighted by Gasteiger charge is 2.14. The third-order valence-corrected chi connectivity index (χ3v) is 4.97. The minimum atomic E-state index is -0.128. The molecule has 29 heavy (non-hydrogen) atoms. The highest BCUT2D eigenvalue weighted by molar-refractivity contribution is 6.08. The number of nitrogens with one attached hydrogen (secondary N) is 1. The van der Waals surface area contributed by atoms with E-state index in [4.69, 9.17) is 0 Å². The van der Waals surface area contributed by atoms with Gasteiger partial charge in [-0.2, -0.15) is 0 Å². The van der Waals surface area contributed by atoms with E-state index in [1.54, 1.807) is 0 Å². The highest BCUT2D eigenvalue weighted by Crippen LogP contribution is 2.30. The van der Waals surface area contributed by atoms with E-state index in [9.17, 15) is 4.79 Å². The molecule has 1 aliphatic carbocycles. The maximum atomic E-state index is 13.0. The van der Waals surface area contributed by atoms with Crippen molar-refractivity contribution in [2.24, 2.45) is 0 Å². The number of para-hydroxylation sites is 2. The van der Waals surface area contributed by atoms with Crippen molar-refractivity contribution in [3.05, 3.63) is 96.4 Å². The van der Waals surface area contributed by atoms with Crippen molar-refractivity contribution in [3.63, 3.8) is 0 Å². The van der Waals surface area contributed by atoms with Crippen LogP contribution in [-0.4, -0.2) is 29.9 Å². The number of hydrogen-bond donors (Lipinski definition) is 1. The Morgan fingerprint density at radius 1 is 1.07 bits per heavy atom. The molecule has 0 aliphatic heterocycles. The summed E-state index contributed by atoms with van der Waals surface area (Å²) in [7, 11) is 3.98. The summed E-state index contributed by atoms with van der Waals surface area (Å²) in [5.41, 5.74) is 5.36.